The number of amides is 1. The smallest absolute Gasteiger partial charge is 0.291 e. The summed E-state index contributed by atoms with van der Waals surface area (Å²) in [7, 11) is 0. The molecule has 1 aromatic heterocycles. The van der Waals surface area contributed by atoms with Crippen LogP contribution >= 0.6 is 15.9 Å². The lowest BCUT2D eigenvalue weighted by Crippen LogP contribution is -2.12. The van der Waals surface area contributed by atoms with Crippen LogP contribution in [0.5, 0.6) is 0 Å². The van der Waals surface area contributed by atoms with Crippen LogP contribution in [0.25, 0.3) is 0 Å². The number of rotatable bonds is 2. The van der Waals surface area contributed by atoms with Gasteiger partial charge in [-0.1, -0.05) is 6.07 Å². The van der Waals surface area contributed by atoms with Gasteiger partial charge in [0, 0.05) is 11.4 Å². The highest BCUT2D eigenvalue weighted by atomic mass is 79.9. The fourth-order valence-corrected chi connectivity index (χ4v) is 1.72. The van der Waals surface area contributed by atoms with Crippen molar-refractivity contribution >= 4 is 33.2 Å². The SMILES string of the molecule is Cc1c(N)cccc1NC(=O)c1ccc(Br)o1. The van der Waals surface area contributed by atoms with Gasteiger partial charge in [-0.15, -0.1) is 0 Å². The van der Waals surface area contributed by atoms with Crippen LogP contribution in [0.3, 0.4) is 0 Å². The van der Waals surface area contributed by atoms with Crippen LogP contribution < -0.4 is 11.1 Å². The van der Waals surface area contributed by atoms with E-state index in [0.717, 1.165) is 5.56 Å². The van der Waals surface area contributed by atoms with Gasteiger partial charge < -0.3 is 15.5 Å². The van der Waals surface area contributed by atoms with Gasteiger partial charge in [-0.3, -0.25) is 4.79 Å². The number of carbonyl (C=O) groups excluding carboxylic acids is 1. The largest absolute Gasteiger partial charge is 0.444 e. The van der Waals surface area contributed by atoms with Crippen molar-refractivity contribution in [3.8, 4) is 0 Å². The van der Waals surface area contributed by atoms with Crippen LogP contribution in [-0.4, -0.2) is 5.91 Å². The van der Waals surface area contributed by atoms with Gasteiger partial charge in [-0.25, -0.2) is 0 Å². The lowest BCUT2D eigenvalue weighted by atomic mass is 10.1. The molecule has 3 N–H and O–H groups in total. The Hall–Kier alpha value is -1.75. The predicted molar refractivity (Wildman–Crippen MR) is 70.0 cm³/mol. The van der Waals surface area contributed by atoms with Gasteiger partial charge in [-0.2, -0.15) is 0 Å². The second-order valence-corrected chi connectivity index (χ2v) is 4.36. The molecule has 0 unspecified atom stereocenters. The van der Waals surface area contributed by atoms with E-state index < -0.39 is 0 Å². The maximum Gasteiger partial charge on any atom is 0.291 e. The molecule has 0 radical (unpaired) electrons. The molecule has 17 heavy (non-hydrogen) atoms. The van der Waals surface area contributed by atoms with Gasteiger partial charge >= 0.3 is 0 Å². The summed E-state index contributed by atoms with van der Waals surface area (Å²) in [5.74, 6) is -0.0527. The molecular formula is C12H11BrN2O2. The highest BCUT2D eigenvalue weighted by Crippen LogP contribution is 2.22. The second kappa shape index (κ2) is 4.63. The summed E-state index contributed by atoms with van der Waals surface area (Å²) in [6.45, 7) is 1.85. The van der Waals surface area contributed by atoms with Crippen molar-refractivity contribution in [1.82, 2.24) is 0 Å². The Labute approximate surface area is 107 Å². The number of anilines is 2. The summed E-state index contributed by atoms with van der Waals surface area (Å²) in [4.78, 5) is 11.8. The molecule has 4 nitrogen and oxygen atoms in total. The Morgan fingerprint density at radius 2 is 2.12 bits per heavy atom. The summed E-state index contributed by atoms with van der Waals surface area (Å²) in [5.41, 5.74) is 7.92. The number of benzene rings is 1. The predicted octanol–water partition coefficient (Wildman–Crippen LogP) is 3.19. The fraction of sp³-hybridized carbons (Fsp3) is 0.0833. The van der Waals surface area contributed by atoms with E-state index in [4.69, 9.17) is 10.2 Å². The zero-order chi connectivity index (χ0) is 12.4. The quantitative estimate of drug-likeness (QED) is 0.836. The molecule has 1 aromatic carbocycles. The summed E-state index contributed by atoms with van der Waals surface area (Å²) in [6.07, 6.45) is 0. The molecule has 0 bridgehead atoms. The normalized spacial score (nSPS) is 10.2. The first-order chi connectivity index (χ1) is 8.08. The van der Waals surface area contributed by atoms with Crippen molar-refractivity contribution in [3.63, 3.8) is 0 Å². The summed E-state index contributed by atoms with van der Waals surface area (Å²) >= 11 is 3.15. The second-order valence-electron chi connectivity index (χ2n) is 3.58. The molecular weight excluding hydrogens is 284 g/mol. The van der Waals surface area contributed by atoms with E-state index in [0.29, 0.717) is 16.0 Å². The van der Waals surface area contributed by atoms with E-state index in [1.807, 2.05) is 6.92 Å². The van der Waals surface area contributed by atoms with E-state index in [2.05, 4.69) is 21.2 Å². The zero-order valence-electron chi connectivity index (χ0n) is 9.16. The van der Waals surface area contributed by atoms with Crippen molar-refractivity contribution in [2.45, 2.75) is 6.92 Å². The van der Waals surface area contributed by atoms with Crippen molar-refractivity contribution < 1.29 is 9.21 Å². The van der Waals surface area contributed by atoms with E-state index >= 15 is 0 Å². The number of hydrogen-bond donors (Lipinski definition) is 2. The number of halogens is 1. The van der Waals surface area contributed by atoms with Crippen molar-refractivity contribution in [2.24, 2.45) is 0 Å². The number of nitrogens with two attached hydrogens (primary N) is 1. The number of hydrogen-bond acceptors (Lipinski definition) is 3. The van der Waals surface area contributed by atoms with E-state index in [9.17, 15) is 4.79 Å². The molecule has 0 aliphatic rings. The summed E-state index contributed by atoms with van der Waals surface area (Å²) in [5, 5.41) is 2.75. The molecule has 2 aromatic rings. The lowest BCUT2D eigenvalue weighted by molar-refractivity contribution is 0.0995. The van der Waals surface area contributed by atoms with Gasteiger partial charge in [0.1, 0.15) is 0 Å². The third kappa shape index (κ3) is 2.50. The molecule has 0 spiro atoms. The van der Waals surface area contributed by atoms with Gasteiger partial charge in [0.15, 0.2) is 10.4 Å². The molecule has 5 heteroatoms. The molecule has 0 atom stereocenters. The minimum absolute atomic E-state index is 0.249. The van der Waals surface area contributed by atoms with Crippen molar-refractivity contribution in [1.29, 1.82) is 0 Å². The van der Waals surface area contributed by atoms with E-state index in [1.54, 1.807) is 30.3 Å². The Bertz CT molecular complexity index is 563. The molecule has 2 rings (SSSR count). The minimum Gasteiger partial charge on any atom is -0.444 e. The molecule has 1 heterocycles. The van der Waals surface area contributed by atoms with Crippen LogP contribution in [0, 0.1) is 6.92 Å². The number of nitrogen functional groups attached to an aromatic ring is 1. The number of furan rings is 1. The third-order valence-electron chi connectivity index (χ3n) is 2.42. The molecule has 0 fully saturated rings. The molecule has 1 amide bonds. The summed E-state index contributed by atoms with van der Waals surface area (Å²) in [6, 6.07) is 8.63. The summed E-state index contributed by atoms with van der Waals surface area (Å²) < 4.78 is 5.68. The van der Waals surface area contributed by atoms with Gasteiger partial charge in [0.2, 0.25) is 0 Å². The third-order valence-corrected chi connectivity index (χ3v) is 2.85. The first-order valence-corrected chi connectivity index (χ1v) is 5.79. The first kappa shape index (κ1) is 11.7. The van der Waals surface area contributed by atoms with Crippen molar-refractivity contribution in [2.75, 3.05) is 11.1 Å². The topological polar surface area (TPSA) is 68.3 Å². The molecule has 88 valence electrons. The van der Waals surface area contributed by atoms with Crippen LogP contribution in [0.4, 0.5) is 11.4 Å². The maximum absolute atomic E-state index is 11.8. The van der Waals surface area contributed by atoms with Crippen LogP contribution in [-0.2, 0) is 0 Å². The maximum atomic E-state index is 11.8. The van der Waals surface area contributed by atoms with Gasteiger partial charge in [0.05, 0.1) is 0 Å². The van der Waals surface area contributed by atoms with Gasteiger partial charge in [-0.05, 0) is 52.7 Å². The monoisotopic (exact) mass is 294 g/mol. The molecule has 0 aliphatic carbocycles. The first-order valence-electron chi connectivity index (χ1n) is 4.99. The van der Waals surface area contributed by atoms with Crippen LogP contribution in [0.2, 0.25) is 0 Å². The molecule has 0 saturated carbocycles. The van der Waals surface area contributed by atoms with Crippen LogP contribution in [0.1, 0.15) is 16.1 Å². The standard InChI is InChI=1S/C12H11BrN2O2/c1-7-8(14)3-2-4-9(7)15-12(16)10-5-6-11(13)17-10/h2-6H,14H2,1H3,(H,15,16). The van der Waals surface area contributed by atoms with Crippen LogP contribution in [0.15, 0.2) is 39.4 Å². The Balaban J connectivity index is 2.21. The number of nitrogens with one attached hydrogen (secondary N) is 1. The average molecular weight is 295 g/mol. The zero-order valence-corrected chi connectivity index (χ0v) is 10.7. The molecule has 0 saturated heterocycles. The minimum atomic E-state index is -0.301. The highest BCUT2D eigenvalue weighted by molar-refractivity contribution is 9.10. The average Bonchev–Trinajstić information content (AvgIpc) is 2.72. The van der Waals surface area contributed by atoms with Gasteiger partial charge in [0.25, 0.3) is 5.91 Å². The van der Waals surface area contributed by atoms with Crippen molar-refractivity contribution in [3.05, 3.63) is 46.3 Å². The Kier molecular flexibility index (Phi) is 3.19. The Morgan fingerprint density at radius 1 is 1.35 bits per heavy atom. The fourth-order valence-electron chi connectivity index (χ4n) is 1.41. The Morgan fingerprint density at radius 3 is 2.76 bits per heavy atom. The lowest BCUT2D eigenvalue weighted by Gasteiger charge is -2.08. The van der Waals surface area contributed by atoms with E-state index in [-0.39, 0.29) is 11.7 Å². The molecule has 0 aliphatic heterocycles. The highest BCUT2D eigenvalue weighted by Gasteiger charge is 2.12. The van der Waals surface area contributed by atoms with E-state index in [1.165, 1.54) is 0 Å². The number of carbonyl (C=O) groups is 1.